The fourth-order valence-corrected chi connectivity index (χ4v) is 5.10. The molecule has 4 aromatic rings. The maximum Gasteiger partial charge on any atom is 0.488 e. The third-order valence-corrected chi connectivity index (χ3v) is 7.28. The summed E-state index contributed by atoms with van der Waals surface area (Å²) in [7, 11) is -3.28. The molecule has 0 radical (unpaired) electrons. The van der Waals surface area contributed by atoms with Crippen LogP contribution in [0.25, 0.3) is 22.3 Å². The Morgan fingerprint density at radius 1 is 1.14 bits per heavy atom. The lowest BCUT2D eigenvalue weighted by Gasteiger charge is -2.20. The van der Waals surface area contributed by atoms with Crippen LogP contribution in [-0.4, -0.2) is 38.5 Å². The number of carbonyl (C=O) groups is 1. The lowest BCUT2D eigenvalue weighted by atomic mass is 9.80. The summed E-state index contributed by atoms with van der Waals surface area (Å²) in [5, 5.41) is 22.3. The molecule has 0 unspecified atom stereocenters. The van der Waals surface area contributed by atoms with Gasteiger partial charge in [0.05, 0.1) is 17.8 Å². The summed E-state index contributed by atoms with van der Waals surface area (Å²) in [6.45, 7) is -0.00660. The molecule has 11 heteroatoms. The van der Waals surface area contributed by atoms with E-state index in [0.29, 0.717) is 39.1 Å². The second-order valence-corrected chi connectivity index (χ2v) is 9.94. The monoisotopic (exact) mass is 522 g/mol. The molecule has 0 bridgehead atoms. The SMILES string of the molecule is CNC(=O)c1c(-c2ccc(F)cc2)oc2cc(CN(c3cccc(B(O)O)c3)[SH](=O)=O)c(C3CC3)cc12. The van der Waals surface area contributed by atoms with Crippen molar-refractivity contribution in [1.82, 2.24) is 5.32 Å². The zero-order valence-corrected chi connectivity index (χ0v) is 20.7. The Balaban J connectivity index is 1.65. The largest absolute Gasteiger partial charge is 0.488 e. The van der Waals surface area contributed by atoms with Gasteiger partial charge in [-0.05, 0) is 83.9 Å². The Labute approximate surface area is 214 Å². The number of amides is 1. The van der Waals surface area contributed by atoms with Crippen molar-refractivity contribution in [3.63, 3.8) is 0 Å². The highest BCUT2D eigenvalue weighted by molar-refractivity contribution is 7.74. The number of thiol groups is 1. The van der Waals surface area contributed by atoms with Crippen LogP contribution in [-0.2, 0) is 17.4 Å². The topological polar surface area (TPSA) is 120 Å². The number of anilines is 1. The van der Waals surface area contributed by atoms with E-state index in [1.165, 1.54) is 43.4 Å². The molecule has 190 valence electrons. The maximum atomic E-state index is 13.5. The number of nitrogens with one attached hydrogen (secondary N) is 1. The van der Waals surface area contributed by atoms with Crippen LogP contribution in [0.1, 0.15) is 40.2 Å². The van der Waals surface area contributed by atoms with Crippen molar-refractivity contribution >= 4 is 46.0 Å². The second-order valence-electron chi connectivity index (χ2n) is 8.98. The quantitative estimate of drug-likeness (QED) is 0.209. The van der Waals surface area contributed by atoms with Crippen molar-refractivity contribution in [2.75, 3.05) is 11.4 Å². The molecule has 0 aliphatic heterocycles. The van der Waals surface area contributed by atoms with E-state index in [0.717, 1.165) is 22.7 Å². The summed E-state index contributed by atoms with van der Waals surface area (Å²) in [5.41, 5.74) is 3.36. The summed E-state index contributed by atoms with van der Waals surface area (Å²) in [6.07, 6.45) is 1.87. The number of furan rings is 1. The van der Waals surface area contributed by atoms with Gasteiger partial charge in [-0.15, -0.1) is 0 Å². The van der Waals surface area contributed by atoms with Gasteiger partial charge in [0.2, 0.25) is 10.9 Å². The fourth-order valence-electron chi connectivity index (χ4n) is 4.52. The van der Waals surface area contributed by atoms with E-state index >= 15 is 0 Å². The molecular formula is C26H24BFN2O6S. The van der Waals surface area contributed by atoms with Gasteiger partial charge in [0.1, 0.15) is 17.2 Å². The molecule has 1 aromatic heterocycles. The molecule has 1 fully saturated rings. The number of carbonyl (C=O) groups excluding carboxylic acids is 1. The Bertz CT molecular complexity index is 1560. The first kappa shape index (κ1) is 25.0. The van der Waals surface area contributed by atoms with E-state index in [2.05, 4.69) is 5.32 Å². The molecule has 1 heterocycles. The standard InChI is InChI=1S/C26H24BFN2O6S/c1-29-26(31)24-22-13-21(15-5-6-15)17(11-23(22)36-25(24)16-7-9-19(28)10-8-16)14-30(37(34)35)20-4-2-3-18(12-20)27(32)33/h2-4,7-13,15,32-33,37H,5-6,14H2,1H3,(H,29,31). The minimum Gasteiger partial charge on any atom is -0.455 e. The molecule has 5 rings (SSSR count). The maximum absolute atomic E-state index is 13.5. The van der Waals surface area contributed by atoms with Crippen LogP contribution in [0.5, 0.6) is 0 Å². The zero-order chi connectivity index (χ0) is 26.3. The molecule has 1 aliphatic rings. The summed E-state index contributed by atoms with van der Waals surface area (Å²) in [5.74, 6) is -0.247. The van der Waals surface area contributed by atoms with E-state index < -0.39 is 23.8 Å². The molecule has 37 heavy (non-hydrogen) atoms. The van der Waals surface area contributed by atoms with Crippen LogP contribution in [0.3, 0.4) is 0 Å². The molecule has 8 nitrogen and oxygen atoms in total. The molecule has 0 atom stereocenters. The third kappa shape index (κ3) is 4.98. The smallest absolute Gasteiger partial charge is 0.455 e. The van der Waals surface area contributed by atoms with Crippen molar-refractivity contribution in [3.8, 4) is 11.3 Å². The number of hydrogen-bond donors (Lipinski definition) is 4. The second kappa shape index (κ2) is 10.0. The number of halogens is 1. The van der Waals surface area contributed by atoms with E-state index in [9.17, 15) is 27.7 Å². The Hall–Kier alpha value is -3.67. The van der Waals surface area contributed by atoms with Crippen molar-refractivity contribution < 1.29 is 32.1 Å². The third-order valence-electron chi connectivity index (χ3n) is 6.51. The first-order valence-corrected chi connectivity index (χ1v) is 12.8. The summed E-state index contributed by atoms with van der Waals surface area (Å²) >= 11 is 0. The van der Waals surface area contributed by atoms with Crippen LogP contribution in [0.15, 0.2) is 65.1 Å². The predicted octanol–water partition coefficient (Wildman–Crippen LogP) is 2.69. The number of hydrogen-bond acceptors (Lipinski definition) is 6. The lowest BCUT2D eigenvalue weighted by Crippen LogP contribution is -2.31. The molecule has 1 aliphatic carbocycles. The Kier molecular flexibility index (Phi) is 6.76. The van der Waals surface area contributed by atoms with E-state index in [4.69, 9.17) is 4.42 Å². The first-order valence-electron chi connectivity index (χ1n) is 11.7. The first-order chi connectivity index (χ1) is 17.8. The summed E-state index contributed by atoms with van der Waals surface area (Å²) in [4.78, 5) is 12.9. The van der Waals surface area contributed by atoms with Crippen LogP contribution in [0, 0.1) is 5.82 Å². The number of fused-ring (bicyclic) bond motifs is 1. The zero-order valence-electron chi connectivity index (χ0n) is 19.8. The van der Waals surface area contributed by atoms with Crippen molar-refractivity contribution in [2.24, 2.45) is 0 Å². The highest BCUT2D eigenvalue weighted by atomic mass is 32.2. The number of benzene rings is 3. The summed E-state index contributed by atoms with van der Waals surface area (Å²) in [6, 6.07) is 15.3. The molecule has 3 aromatic carbocycles. The van der Waals surface area contributed by atoms with Crippen molar-refractivity contribution in [1.29, 1.82) is 0 Å². The molecule has 3 N–H and O–H groups in total. The number of nitrogens with zero attached hydrogens (tertiary/aromatic N) is 1. The van der Waals surface area contributed by atoms with Gasteiger partial charge in [0.25, 0.3) is 5.91 Å². The fraction of sp³-hybridized carbons (Fsp3) is 0.192. The average Bonchev–Trinajstić information content (AvgIpc) is 3.67. The van der Waals surface area contributed by atoms with Crippen molar-refractivity contribution in [2.45, 2.75) is 25.3 Å². The van der Waals surface area contributed by atoms with Gasteiger partial charge in [-0.25, -0.2) is 12.8 Å². The van der Waals surface area contributed by atoms with Gasteiger partial charge in [-0.1, -0.05) is 12.1 Å². The molecule has 1 amide bonds. The molecule has 0 spiro atoms. The Morgan fingerprint density at radius 3 is 2.49 bits per heavy atom. The van der Waals surface area contributed by atoms with Gasteiger partial charge in [0, 0.05) is 18.0 Å². The lowest BCUT2D eigenvalue weighted by molar-refractivity contribution is 0.0964. The van der Waals surface area contributed by atoms with Crippen LogP contribution >= 0.6 is 0 Å². The minimum absolute atomic E-state index is 0.00660. The Morgan fingerprint density at radius 2 is 1.86 bits per heavy atom. The van der Waals surface area contributed by atoms with Crippen LogP contribution in [0.2, 0.25) is 0 Å². The summed E-state index contributed by atoms with van der Waals surface area (Å²) < 4.78 is 45.4. The van der Waals surface area contributed by atoms with Crippen LogP contribution in [0.4, 0.5) is 10.1 Å². The molecular weight excluding hydrogens is 498 g/mol. The van der Waals surface area contributed by atoms with E-state index in [1.54, 1.807) is 18.2 Å². The predicted molar refractivity (Wildman–Crippen MR) is 140 cm³/mol. The molecule has 0 saturated heterocycles. The van der Waals surface area contributed by atoms with Gasteiger partial charge in [-0.2, -0.15) is 0 Å². The van der Waals surface area contributed by atoms with E-state index in [-0.39, 0.29) is 23.8 Å². The number of rotatable bonds is 8. The highest BCUT2D eigenvalue weighted by Crippen LogP contribution is 2.45. The minimum atomic E-state index is -3.06. The van der Waals surface area contributed by atoms with Gasteiger partial charge >= 0.3 is 7.12 Å². The van der Waals surface area contributed by atoms with Crippen LogP contribution < -0.4 is 15.1 Å². The van der Waals surface area contributed by atoms with Gasteiger partial charge in [0.15, 0.2) is 0 Å². The van der Waals surface area contributed by atoms with Gasteiger partial charge in [-0.3, -0.25) is 9.10 Å². The van der Waals surface area contributed by atoms with Crippen molar-refractivity contribution in [3.05, 3.63) is 83.2 Å². The van der Waals surface area contributed by atoms with Gasteiger partial charge < -0.3 is 19.8 Å². The highest BCUT2D eigenvalue weighted by Gasteiger charge is 2.30. The normalized spacial score (nSPS) is 13.2. The average molecular weight is 522 g/mol. The molecule has 1 saturated carbocycles. The van der Waals surface area contributed by atoms with E-state index in [1.807, 2.05) is 6.07 Å².